The Labute approximate surface area is 140 Å². The molecule has 8 nitrogen and oxygen atoms in total. The van der Waals surface area contributed by atoms with Crippen molar-refractivity contribution in [3.8, 4) is 11.5 Å². The molecule has 1 heterocycles. The maximum Gasteiger partial charge on any atom is 0.338 e. The van der Waals surface area contributed by atoms with Gasteiger partial charge in [-0.05, 0) is 18.6 Å². The van der Waals surface area contributed by atoms with Gasteiger partial charge in [0.05, 0.1) is 31.3 Å². The molecule has 1 amide bonds. The highest BCUT2D eigenvalue weighted by molar-refractivity contribution is 7.91. The first-order valence-electron chi connectivity index (χ1n) is 7.23. The summed E-state index contributed by atoms with van der Waals surface area (Å²) in [6.07, 6.45) is 0.370. The van der Waals surface area contributed by atoms with Crippen molar-refractivity contribution < 1.29 is 32.2 Å². The van der Waals surface area contributed by atoms with Crippen LogP contribution in [0.2, 0.25) is 0 Å². The normalized spacial score (nSPS) is 18.7. The van der Waals surface area contributed by atoms with E-state index in [4.69, 9.17) is 14.2 Å². The van der Waals surface area contributed by atoms with Gasteiger partial charge in [0.15, 0.2) is 16.4 Å². The van der Waals surface area contributed by atoms with Gasteiger partial charge >= 0.3 is 5.97 Å². The molecule has 0 aromatic heterocycles. The first-order chi connectivity index (χ1) is 11.3. The SMILES string of the molecule is COc1cc(OC)cc(C(=O)OCC(=O)N[C@H]2CCS(=O)(=O)C2)c1. The van der Waals surface area contributed by atoms with Gasteiger partial charge in [0.25, 0.3) is 5.91 Å². The minimum absolute atomic E-state index is 0.0569. The minimum Gasteiger partial charge on any atom is -0.497 e. The fraction of sp³-hybridized carbons (Fsp3) is 0.467. The fourth-order valence-corrected chi connectivity index (χ4v) is 3.99. The predicted molar refractivity (Wildman–Crippen MR) is 85.0 cm³/mol. The second kappa shape index (κ2) is 7.52. The Morgan fingerprint density at radius 2 is 1.79 bits per heavy atom. The van der Waals surface area contributed by atoms with Crippen LogP contribution in [0.1, 0.15) is 16.8 Å². The fourth-order valence-electron chi connectivity index (χ4n) is 2.32. The summed E-state index contributed by atoms with van der Waals surface area (Å²) >= 11 is 0. The van der Waals surface area contributed by atoms with Crippen LogP contribution in [0.15, 0.2) is 18.2 Å². The van der Waals surface area contributed by atoms with Crippen molar-refractivity contribution in [3.05, 3.63) is 23.8 Å². The molecule has 0 radical (unpaired) electrons. The zero-order valence-corrected chi connectivity index (χ0v) is 14.2. The monoisotopic (exact) mass is 357 g/mol. The topological polar surface area (TPSA) is 108 Å². The summed E-state index contributed by atoms with van der Waals surface area (Å²) in [5.74, 6) is -0.438. The van der Waals surface area contributed by atoms with Crippen molar-refractivity contribution >= 4 is 21.7 Å². The standard InChI is InChI=1S/C15H19NO7S/c1-21-12-5-10(6-13(7-12)22-2)15(18)23-8-14(17)16-11-3-4-24(19,20)9-11/h5-7,11H,3-4,8-9H2,1-2H3,(H,16,17)/t11-/m0/s1. The molecule has 1 atom stereocenters. The second-order valence-corrected chi connectivity index (χ2v) is 7.57. The van der Waals surface area contributed by atoms with Crippen molar-refractivity contribution in [2.75, 3.05) is 32.3 Å². The molecule has 1 aliphatic heterocycles. The van der Waals surface area contributed by atoms with Gasteiger partial charge < -0.3 is 19.5 Å². The van der Waals surface area contributed by atoms with E-state index in [0.29, 0.717) is 17.9 Å². The molecule has 9 heteroatoms. The minimum atomic E-state index is -3.08. The van der Waals surface area contributed by atoms with Crippen LogP contribution < -0.4 is 14.8 Å². The van der Waals surface area contributed by atoms with Crippen LogP contribution in [0.4, 0.5) is 0 Å². The Hall–Kier alpha value is -2.29. The van der Waals surface area contributed by atoms with Gasteiger partial charge in [-0.1, -0.05) is 0 Å². The number of amides is 1. The first kappa shape index (κ1) is 18.1. The van der Waals surface area contributed by atoms with Gasteiger partial charge in [0.1, 0.15) is 11.5 Å². The highest BCUT2D eigenvalue weighted by atomic mass is 32.2. The quantitative estimate of drug-likeness (QED) is 0.723. The van der Waals surface area contributed by atoms with Crippen molar-refractivity contribution in [1.82, 2.24) is 5.32 Å². The van der Waals surface area contributed by atoms with E-state index in [0.717, 1.165) is 0 Å². The highest BCUT2D eigenvalue weighted by Crippen LogP contribution is 2.23. The molecule has 1 aromatic rings. The number of carbonyl (C=O) groups is 2. The molecule has 0 saturated carbocycles. The summed E-state index contributed by atoms with van der Waals surface area (Å²) in [6.45, 7) is -0.491. The summed E-state index contributed by atoms with van der Waals surface area (Å²) in [4.78, 5) is 23.8. The van der Waals surface area contributed by atoms with Crippen LogP contribution in [0.25, 0.3) is 0 Å². The number of sulfone groups is 1. The summed E-state index contributed by atoms with van der Waals surface area (Å²) in [7, 11) is -0.178. The number of hydrogen-bond acceptors (Lipinski definition) is 7. The van der Waals surface area contributed by atoms with Crippen molar-refractivity contribution in [3.63, 3.8) is 0 Å². The Morgan fingerprint density at radius 3 is 2.29 bits per heavy atom. The van der Waals surface area contributed by atoms with Gasteiger partial charge in [-0.15, -0.1) is 0 Å². The summed E-state index contributed by atoms with van der Waals surface area (Å²) in [5, 5.41) is 2.54. The van der Waals surface area contributed by atoms with Crippen LogP contribution in [0.3, 0.4) is 0 Å². The number of methoxy groups -OCH3 is 2. The van der Waals surface area contributed by atoms with E-state index < -0.39 is 34.4 Å². The number of rotatable bonds is 6. The number of esters is 1. The maximum atomic E-state index is 12.0. The lowest BCUT2D eigenvalue weighted by Gasteiger charge is -2.11. The molecule has 1 fully saturated rings. The number of carbonyl (C=O) groups excluding carboxylic acids is 2. The van der Waals surface area contributed by atoms with E-state index in [1.807, 2.05) is 0 Å². The largest absolute Gasteiger partial charge is 0.497 e. The Balaban J connectivity index is 1.90. The average molecular weight is 357 g/mol. The van der Waals surface area contributed by atoms with E-state index in [1.165, 1.54) is 26.4 Å². The smallest absolute Gasteiger partial charge is 0.338 e. The van der Waals surface area contributed by atoms with Gasteiger partial charge in [-0.25, -0.2) is 13.2 Å². The second-order valence-electron chi connectivity index (χ2n) is 5.34. The lowest BCUT2D eigenvalue weighted by molar-refractivity contribution is -0.124. The molecule has 1 N–H and O–H groups in total. The van der Waals surface area contributed by atoms with Gasteiger partial charge in [0, 0.05) is 12.1 Å². The molecule has 2 rings (SSSR count). The van der Waals surface area contributed by atoms with Gasteiger partial charge in [-0.2, -0.15) is 0 Å². The van der Waals surface area contributed by atoms with Crippen LogP contribution in [-0.4, -0.2) is 58.7 Å². The Kier molecular flexibility index (Phi) is 5.66. The molecule has 0 aliphatic carbocycles. The van der Waals surface area contributed by atoms with Gasteiger partial charge in [0.2, 0.25) is 0 Å². The number of hydrogen-bond donors (Lipinski definition) is 1. The third-order valence-corrected chi connectivity index (χ3v) is 5.29. The van der Waals surface area contributed by atoms with E-state index in [1.54, 1.807) is 6.07 Å². The zero-order chi connectivity index (χ0) is 17.7. The number of benzene rings is 1. The molecule has 0 bridgehead atoms. The van der Waals surface area contributed by atoms with Crippen molar-refractivity contribution in [1.29, 1.82) is 0 Å². The Bertz CT molecular complexity index is 707. The molecule has 1 saturated heterocycles. The molecule has 0 unspecified atom stereocenters. The molecule has 1 aliphatic rings. The Morgan fingerprint density at radius 1 is 1.17 bits per heavy atom. The highest BCUT2D eigenvalue weighted by Gasteiger charge is 2.29. The lowest BCUT2D eigenvalue weighted by Crippen LogP contribution is -2.38. The van der Waals surface area contributed by atoms with Crippen LogP contribution in [0.5, 0.6) is 11.5 Å². The van der Waals surface area contributed by atoms with Crippen LogP contribution in [0, 0.1) is 0 Å². The molecular formula is C15H19NO7S. The zero-order valence-electron chi connectivity index (χ0n) is 13.4. The van der Waals surface area contributed by atoms with Crippen LogP contribution in [-0.2, 0) is 19.4 Å². The van der Waals surface area contributed by atoms with Crippen molar-refractivity contribution in [2.45, 2.75) is 12.5 Å². The first-order valence-corrected chi connectivity index (χ1v) is 9.05. The molecule has 0 spiro atoms. The molecular weight excluding hydrogens is 338 g/mol. The summed E-state index contributed by atoms with van der Waals surface area (Å²) in [6, 6.07) is 4.10. The van der Waals surface area contributed by atoms with Crippen LogP contribution >= 0.6 is 0 Å². The van der Waals surface area contributed by atoms with Gasteiger partial charge in [-0.3, -0.25) is 4.79 Å². The maximum absolute atomic E-state index is 12.0. The van der Waals surface area contributed by atoms with E-state index in [9.17, 15) is 18.0 Å². The van der Waals surface area contributed by atoms with E-state index >= 15 is 0 Å². The third kappa shape index (κ3) is 4.85. The average Bonchev–Trinajstić information content (AvgIpc) is 2.90. The molecule has 1 aromatic carbocycles. The van der Waals surface area contributed by atoms with Crippen molar-refractivity contribution in [2.24, 2.45) is 0 Å². The predicted octanol–water partition coefficient (Wildman–Crippen LogP) is 0.164. The third-order valence-electron chi connectivity index (χ3n) is 3.52. The molecule has 24 heavy (non-hydrogen) atoms. The van der Waals surface area contributed by atoms with E-state index in [2.05, 4.69) is 5.32 Å². The number of ether oxygens (including phenoxy) is 3. The lowest BCUT2D eigenvalue weighted by atomic mass is 10.2. The summed E-state index contributed by atoms with van der Waals surface area (Å²) < 4.78 is 37.7. The number of nitrogens with one attached hydrogen (secondary N) is 1. The van der Waals surface area contributed by atoms with E-state index in [-0.39, 0.29) is 17.1 Å². The summed E-state index contributed by atoms with van der Waals surface area (Å²) in [5.41, 5.74) is 0.183. The molecule has 132 valence electrons.